The maximum Gasteiger partial charge on any atom is 0.295 e. The molecular weight excluding hydrogens is 527 g/mol. The Labute approximate surface area is 233 Å². The van der Waals surface area contributed by atoms with E-state index < -0.39 is 17.7 Å². The fourth-order valence-corrected chi connectivity index (χ4v) is 5.18. The Kier molecular flexibility index (Phi) is 9.71. The van der Waals surface area contributed by atoms with E-state index in [1.807, 2.05) is 6.92 Å². The lowest BCUT2D eigenvalue weighted by atomic mass is 9.94. The predicted molar refractivity (Wildman–Crippen MR) is 149 cm³/mol. The SMILES string of the molecule is CCCCOc1ccc(/C(O)=C2/C(=O)C(=O)N(CCCN3CCOCC3)C2c2ccc(Cl)c(Cl)c2)cc1C. The molecule has 0 bridgehead atoms. The van der Waals surface area contributed by atoms with Crippen molar-refractivity contribution in [2.24, 2.45) is 0 Å². The first kappa shape index (κ1) is 28.4. The molecule has 0 spiro atoms. The Balaban J connectivity index is 1.67. The van der Waals surface area contributed by atoms with E-state index in [0.717, 1.165) is 43.8 Å². The van der Waals surface area contributed by atoms with E-state index >= 15 is 0 Å². The number of carbonyl (C=O) groups is 2. The van der Waals surface area contributed by atoms with E-state index in [0.29, 0.717) is 54.0 Å². The maximum absolute atomic E-state index is 13.3. The number of hydrogen-bond acceptors (Lipinski definition) is 6. The summed E-state index contributed by atoms with van der Waals surface area (Å²) in [5.74, 6) is -0.857. The third-order valence-electron chi connectivity index (χ3n) is 6.98. The second-order valence-electron chi connectivity index (χ2n) is 9.66. The molecule has 7 nitrogen and oxygen atoms in total. The molecule has 0 radical (unpaired) electrons. The lowest BCUT2D eigenvalue weighted by Gasteiger charge is -2.29. The number of likely N-dealkylation sites (tertiary alicyclic amines) is 1. The summed E-state index contributed by atoms with van der Waals surface area (Å²) in [6, 6.07) is 9.51. The third-order valence-corrected chi connectivity index (χ3v) is 7.72. The topological polar surface area (TPSA) is 79.3 Å². The lowest BCUT2D eigenvalue weighted by molar-refractivity contribution is -0.140. The van der Waals surface area contributed by atoms with Crippen molar-refractivity contribution < 1.29 is 24.2 Å². The minimum atomic E-state index is -0.782. The van der Waals surface area contributed by atoms with Crippen LogP contribution in [0.4, 0.5) is 0 Å². The van der Waals surface area contributed by atoms with Crippen LogP contribution in [0.1, 0.15) is 48.9 Å². The molecule has 2 saturated heterocycles. The highest BCUT2D eigenvalue weighted by Gasteiger charge is 2.46. The Morgan fingerprint density at radius 1 is 1.05 bits per heavy atom. The quantitative estimate of drug-likeness (QED) is 0.176. The minimum absolute atomic E-state index is 0.0406. The zero-order valence-corrected chi connectivity index (χ0v) is 23.4. The summed E-state index contributed by atoms with van der Waals surface area (Å²) in [6.07, 6.45) is 2.65. The van der Waals surface area contributed by atoms with Crippen LogP contribution in [0.5, 0.6) is 5.75 Å². The molecule has 204 valence electrons. The van der Waals surface area contributed by atoms with Gasteiger partial charge in [-0.2, -0.15) is 0 Å². The number of rotatable bonds is 10. The summed E-state index contributed by atoms with van der Waals surface area (Å²) < 4.78 is 11.2. The second-order valence-corrected chi connectivity index (χ2v) is 10.5. The number of Topliss-reactive ketones (excluding diaryl/α,β-unsaturated/α-hetero) is 1. The summed E-state index contributed by atoms with van der Waals surface area (Å²) >= 11 is 12.5. The average molecular weight is 562 g/mol. The van der Waals surface area contributed by atoms with Crippen LogP contribution in [0, 0.1) is 6.92 Å². The highest BCUT2D eigenvalue weighted by atomic mass is 35.5. The van der Waals surface area contributed by atoms with Gasteiger partial charge in [0.05, 0.1) is 41.5 Å². The van der Waals surface area contributed by atoms with E-state index in [1.165, 1.54) is 4.90 Å². The molecule has 1 N–H and O–H groups in total. The van der Waals surface area contributed by atoms with Crippen molar-refractivity contribution in [2.45, 2.75) is 39.2 Å². The van der Waals surface area contributed by atoms with Gasteiger partial charge in [-0.1, -0.05) is 42.6 Å². The van der Waals surface area contributed by atoms with Gasteiger partial charge in [-0.15, -0.1) is 0 Å². The summed E-state index contributed by atoms with van der Waals surface area (Å²) in [4.78, 5) is 30.4. The standard InChI is InChI=1S/C29H34Cl2N2O5/c1-3-4-14-38-24-9-7-21(17-19(24)2)27(34)25-26(20-6-8-22(30)23(31)18-20)33(29(36)28(25)35)11-5-10-32-12-15-37-16-13-32/h6-9,17-18,26,34H,3-5,10-16H2,1-2H3/b27-25-. The molecule has 1 atom stereocenters. The van der Waals surface area contributed by atoms with Gasteiger partial charge < -0.3 is 19.5 Å². The van der Waals surface area contributed by atoms with Crippen molar-refractivity contribution in [3.8, 4) is 5.75 Å². The second kappa shape index (κ2) is 13.0. The van der Waals surface area contributed by atoms with Gasteiger partial charge in [-0.05, 0) is 61.2 Å². The van der Waals surface area contributed by atoms with Crippen molar-refractivity contribution in [1.82, 2.24) is 9.80 Å². The third kappa shape index (κ3) is 6.34. The normalized spacial score (nSPS) is 19.8. The number of aliphatic hydroxyl groups is 1. The molecule has 9 heteroatoms. The molecule has 2 aromatic carbocycles. The van der Waals surface area contributed by atoms with Crippen molar-refractivity contribution in [3.63, 3.8) is 0 Å². The van der Waals surface area contributed by atoms with Gasteiger partial charge in [0.2, 0.25) is 0 Å². The van der Waals surface area contributed by atoms with E-state index in [-0.39, 0.29) is 11.3 Å². The number of carbonyl (C=O) groups excluding carboxylic acids is 2. The number of aryl methyl sites for hydroxylation is 1. The molecule has 0 aromatic heterocycles. The van der Waals surface area contributed by atoms with Gasteiger partial charge in [-0.3, -0.25) is 14.5 Å². The van der Waals surface area contributed by atoms with Gasteiger partial charge >= 0.3 is 0 Å². The molecule has 2 aromatic rings. The van der Waals surface area contributed by atoms with Crippen LogP contribution in [0.3, 0.4) is 0 Å². The zero-order valence-electron chi connectivity index (χ0n) is 21.8. The summed E-state index contributed by atoms with van der Waals surface area (Å²) in [5, 5.41) is 12.1. The maximum atomic E-state index is 13.3. The first-order valence-corrected chi connectivity index (χ1v) is 13.8. The number of halogens is 2. The Morgan fingerprint density at radius 3 is 2.50 bits per heavy atom. The number of unbranched alkanes of at least 4 members (excludes halogenated alkanes) is 1. The van der Waals surface area contributed by atoms with Crippen molar-refractivity contribution in [3.05, 3.63) is 68.7 Å². The van der Waals surface area contributed by atoms with Gasteiger partial charge in [0, 0.05) is 31.7 Å². The van der Waals surface area contributed by atoms with Crippen LogP contribution in [-0.4, -0.2) is 72.6 Å². The Morgan fingerprint density at radius 2 is 1.82 bits per heavy atom. The van der Waals surface area contributed by atoms with Gasteiger partial charge in [0.25, 0.3) is 11.7 Å². The number of aliphatic hydroxyl groups excluding tert-OH is 1. The first-order valence-electron chi connectivity index (χ1n) is 13.1. The number of hydrogen-bond donors (Lipinski definition) is 1. The number of amides is 1. The van der Waals surface area contributed by atoms with Gasteiger partial charge in [0.15, 0.2) is 0 Å². The number of ether oxygens (including phenoxy) is 2. The number of nitrogens with zero attached hydrogens (tertiary/aromatic N) is 2. The summed E-state index contributed by atoms with van der Waals surface area (Å²) in [5.41, 5.74) is 1.93. The number of ketones is 1. The molecule has 2 fully saturated rings. The minimum Gasteiger partial charge on any atom is -0.507 e. The van der Waals surface area contributed by atoms with Crippen LogP contribution in [-0.2, 0) is 14.3 Å². The summed E-state index contributed by atoms with van der Waals surface area (Å²) in [6.45, 7) is 8.78. The van der Waals surface area contributed by atoms with Crippen LogP contribution in [0.25, 0.3) is 5.76 Å². The smallest absolute Gasteiger partial charge is 0.295 e. The monoisotopic (exact) mass is 560 g/mol. The molecule has 1 unspecified atom stereocenters. The highest BCUT2D eigenvalue weighted by molar-refractivity contribution is 6.46. The Bertz CT molecular complexity index is 1210. The van der Waals surface area contributed by atoms with E-state index in [2.05, 4.69) is 11.8 Å². The molecule has 0 aliphatic carbocycles. The van der Waals surface area contributed by atoms with Crippen molar-refractivity contribution in [2.75, 3.05) is 46.0 Å². The number of benzene rings is 2. The highest BCUT2D eigenvalue weighted by Crippen LogP contribution is 2.41. The van der Waals surface area contributed by atoms with Gasteiger partial charge in [0.1, 0.15) is 11.5 Å². The number of morpholine rings is 1. The molecule has 2 aliphatic rings. The zero-order chi connectivity index (χ0) is 27.2. The van der Waals surface area contributed by atoms with Crippen LogP contribution >= 0.6 is 23.2 Å². The van der Waals surface area contributed by atoms with E-state index in [4.69, 9.17) is 32.7 Å². The fourth-order valence-electron chi connectivity index (χ4n) is 4.87. The largest absolute Gasteiger partial charge is 0.507 e. The first-order chi connectivity index (χ1) is 18.3. The average Bonchev–Trinajstić information content (AvgIpc) is 3.16. The van der Waals surface area contributed by atoms with E-state index in [1.54, 1.807) is 36.4 Å². The summed E-state index contributed by atoms with van der Waals surface area (Å²) in [7, 11) is 0. The molecule has 0 saturated carbocycles. The van der Waals surface area contributed by atoms with Crippen LogP contribution in [0.2, 0.25) is 10.0 Å². The van der Waals surface area contributed by atoms with Crippen molar-refractivity contribution in [1.29, 1.82) is 0 Å². The predicted octanol–water partition coefficient (Wildman–Crippen LogP) is 5.62. The molecule has 1 amide bonds. The van der Waals surface area contributed by atoms with Crippen LogP contribution < -0.4 is 4.74 Å². The van der Waals surface area contributed by atoms with Crippen LogP contribution in [0.15, 0.2) is 42.0 Å². The molecule has 38 heavy (non-hydrogen) atoms. The molecule has 2 aliphatic heterocycles. The Hall–Kier alpha value is -2.58. The van der Waals surface area contributed by atoms with E-state index in [9.17, 15) is 14.7 Å². The lowest BCUT2D eigenvalue weighted by Crippen LogP contribution is -2.38. The molecule has 4 rings (SSSR count). The molecular formula is C29H34Cl2N2O5. The molecule has 2 heterocycles. The fraction of sp³-hybridized carbons (Fsp3) is 0.448. The van der Waals surface area contributed by atoms with Crippen molar-refractivity contribution >= 4 is 40.7 Å². The van der Waals surface area contributed by atoms with Gasteiger partial charge in [-0.25, -0.2) is 0 Å².